The zero-order valence-electron chi connectivity index (χ0n) is 13.8. The Morgan fingerprint density at radius 1 is 1.30 bits per heavy atom. The number of ether oxygens (including phenoxy) is 1. The van der Waals surface area contributed by atoms with Crippen molar-refractivity contribution in [2.24, 2.45) is 0 Å². The number of nitrogens with one attached hydrogen (secondary N) is 1. The Labute approximate surface area is 142 Å². The third kappa shape index (κ3) is 5.26. The molecule has 1 N–H and O–H groups in total. The number of aromatic nitrogens is 1. The molecule has 1 aromatic heterocycles. The Balaban J connectivity index is 1.36. The lowest BCUT2D eigenvalue weighted by Crippen LogP contribution is -2.43. The van der Waals surface area contributed by atoms with E-state index < -0.39 is 0 Å². The highest BCUT2D eigenvalue weighted by atomic mass is 32.1. The normalized spacial score (nSPS) is 20.5. The van der Waals surface area contributed by atoms with Crippen LogP contribution in [0.2, 0.25) is 0 Å². The van der Waals surface area contributed by atoms with Crippen molar-refractivity contribution in [3.63, 3.8) is 0 Å². The second-order valence-corrected chi connectivity index (χ2v) is 7.43. The van der Waals surface area contributed by atoms with Gasteiger partial charge in [0.2, 0.25) is 5.91 Å². The van der Waals surface area contributed by atoms with Gasteiger partial charge in [-0.3, -0.25) is 9.69 Å². The van der Waals surface area contributed by atoms with Crippen molar-refractivity contribution in [3.05, 3.63) is 16.1 Å². The van der Waals surface area contributed by atoms with E-state index in [1.54, 1.807) is 11.3 Å². The van der Waals surface area contributed by atoms with Crippen LogP contribution in [0.3, 0.4) is 0 Å². The summed E-state index contributed by atoms with van der Waals surface area (Å²) in [5, 5.41) is 6.39. The van der Waals surface area contributed by atoms with E-state index in [1.165, 1.54) is 37.8 Å². The number of thiazole rings is 1. The van der Waals surface area contributed by atoms with Gasteiger partial charge in [0.15, 0.2) is 0 Å². The summed E-state index contributed by atoms with van der Waals surface area (Å²) in [6, 6.07) is 0. The number of carbonyl (C=O) groups is 1. The number of nitrogens with zero attached hydrogens (tertiary/aromatic N) is 2. The molecule has 1 aromatic rings. The second kappa shape index (κ2) is 8.76. The highest BCUT2D eigenvalue weighted by Gasteiger charge is 2.18. The molecule has 0 aromatic carbocycles. The van der Waals surface area contributed by atoms with Crippen LogP contribution >= 0.6 is 11.3 Å². The molecule has 1 aliphatic carbocycles. The number of amides is 1. The third-order valence-electron chi connectivity index (χ3n) is 4.72. The van der Waals surface area contributed by atoms with Gasteiger partial charge in [0.1, 0.15) is 0 Å². The van der Waals surface area contributed by atoms with Crippen LogP contribution in [0, 0.1) is 0 Å². The quantitative estimate of drug-likeness (QED) is 0.864. The Morgan fingerprint density at radius 3 is 2.87 bits per heavy atom. The maximum absolute atomic E-state index is 11.9. The monoisotopic (exact) mass is 337 g/mol. The highest BCUT2D eigenvalue weighted by molar-refractivity contribution is 7.09. The molecule has 0 unspecified atom stereocenters. The summed E-state index contributed by atoms with van der Waals surface area (Å²) >= 11 is 1.74. The Morgan fingerprint density at radius 2 is 2.09 bits per heavy atom. The van der Waals surface area contributed by atoms with Crippen molar-refractivity contribution < 1.29 is 9.53 Å². The van der Waals surface area contributed by atoms with Gasteiger partial charge in [-0.25, -0.2) is 4.98 Å². The number of hydrogen-bond acceptors (Lipinski definition) is 5. The van der Waals surface area contributed by atoms with E-state index in [2.05, 4.69) is 15.6 Å². The number of rotatable bonds is 6. The van der Waals surface area contributed by atoms with Gasteiger partial charge in [-0.15, -0.1) is 11.3 Å². The minimum Gasteiger partial charge on any atom is -0.379 e. The summed E-state index contributed by atoms with van der Waals surface area (Å²) in [5.41, 5.74) is 1.28. The van der Waals surface area contributed by atoms with Gasteiger partial charge in [0.05, 0.1) is 30.5 Å². The molecule has 2 heterocycles. The molecular weight excluding hydrogens is 310 g/mol. The smallest absolute Gasteiger partial charge is 0.234 e. The molecule has 1 aliphatic heterocycles. The van der Waals surface area contributed by atoms with E-state index in [4.69, 9.17) is 9.72 Å². The average Bonchev–Trinajstić information content (AvgIpc) is 3.05. The third-order valence-corrected chi connectivity index (χ3v) is 5.65. The molecule has 1 saturated carbocycles. The first-order valence-electron chi connectivity index (χ1n) is 8.82. The first-order valence-corrected chi connectivity index (χ1v) is 9.70. The van der Waals surface area contributed by atoms with Crippen LogP contribution in [0.25, 0.3) is 0 Å². The van der Waals surface area contributed by atoms with Gasteiger partial charge in [0, 0.05) is 37.4 Å². The summed E-state index contributed by atoms with van der Waals surface area (Å²) in [6.07, 6.45) is 7.48. The molecule has 6 heteroatoms. The fraction of sp³-hybridized carbons (Fsp3) is 0.765. The van der Waals surface area contributed by atoms with Crippen molar-refractivity contribution in [1.82, 2.24) is 15.2 Å². The first kappa shape index (κ1) is 16.9. The molecule has 0 bridgehead atoms. The van der Waals surface area contributed by atoms with Crippen LogP contribution in [-0.2, 0) is 16.0 Å². The number of carbonyl (C=O) groups excluding carboxylic acids is 1. The van der Waals surface area contributed by atoms with E-state index in [9.17, 15) is 4.79 Å². The average molecular weight is 337 g/mol. The SMILES string of the molecule is O=C(CN1CCOCC1)NCCc1nc(C2CCCCC2)cs1. The van der Waals surface area contributed by atoms with Gasteiger partial charge in [-0.2, -0.15) is 0 Å². The summed E-state index contributed by atoms with van der Waals surface area (Å²) in [7, 11) is 0. The van der Waals surface area contributed by atoms with Crippen molar-refractivity contribution >= 4 is 17.2 Å². The Hall–Kier alpha value is -0.980. The predicted molar refractivity (Wildman–Crippen MR) is 91.9 cm³/mol. The molecule has 3 rings (SSSR count). The largest absolute Gasteiger partial charge is 0.379 e. The van der Waals surface area contributed by atoms with Crippen LogP contribution in [0.1, 0.15) is 48.7 Å². The van der Waals surface area contributed by atoms with Gasteiger partial charge < -0.3 is 10.1 Å². The van der Waals surface area contributed by atoms with Crippen LogP contribution in [0.4, 0.5) is 0 Å². The lowest BCUT2D eigenvalue weighted by atomic mass is 9.87. The topological polar surface area (TPSA) is 54.5 Å². The van der Waals surface area contributed by atoms with Gasteiger partial charge in [0.25, 0.3) is 0 Å². The molecule has 2 fully saturated rings. The molecule has 0 spiro atoms. The van der Waals surface area contributed by atoms with Crippen LogP contribution in [0.15, 0.2) is 5.38 Å². The minimum absolute atomic E-state index is 0.107. The van der Waals surface area contributed by atoms with Crippen molar-refractivity contribution in [2.45, 2.75) is 44.4 Å². The molecular formula is C17H27N3O2S. The predicted octanol–water partition coefficient (Wildman–Crippen LogP) is 2.18. The van der Waals surface area contributed by atoms with Gasteiger partial charge in [-0.1, -0.05) is 19.3 Å². The molecule has 128 valence electrons. The standard InChI is InChI=1S/C17H27N3O2S/c21-16(12-20-8-10-22-11-9-20)18-7-6-17-19-15(13-23-17)14-4-2-1-3-5-14/h13-14H,1-12H2,(H,18,21). The second-order valence-electron chi connectivity index (χ2n) is 6.49. The molecule has 5 nitrogen and oxygen atoms in total. The fourth-order valence-electron chi connectivity index (χ4n) is 3.35. The molecule has 1 saturated heterocycles. The lowest BCUT2D eigenvalue weighted by Gasteiger charge is -2.25. The van der Waals surface area contributed by atoms with Crippen LogP contribution in [-0.4, -0.2) is 55.2 Å². The van der Waals surface area contributed by atoms with Crippen molar-refractivity contribution in [2.75, 3.05) is 39.4 Å². The minimum atomic E-state index is 0.107. The molecule has 0 atom stereocenters. The Bertz CT molecular complexity index is 494. The maximum atomic E-state index is 11.9. The first-order chi connectivity index (χ1) is 11.3. The van der Waals surface area contributed by atoms with Crippen LogP contribution in [0.5, 0.6) is 0 Å². The Kier molecular flexibility index (Phi) is 6.42. The van der Waals surface area contributed by atoms with E-state index >= 15 is 0 Å². The maximum Gasteiger partial charge on any atom is 0.234 e. The molecule has 23 heavy (non-hydrogen) atoms. The van der Waals surface area contributed by atoms with Crippen molar-refractivity contribution in [1.29, 1.82) is 0 Å². The summed E-state index contributed by atoms with van der Waals surface area (Å²) in [6.45, 7) is 4.33. The van der Waals surface area contributed by atoms with E-state index in [0.29, 0.717) is 19.0 Å². The number of morpholine rings is 1. The van der Waals surface area contributed by atoms with E-state index in [0.717, 1.165) is 37.7 Å². The lowest BCUT2D eigenvalue weighted by molar-refractivity contribution is -0.123. The van der Waals surface area contributed by atoms with Crippen LogP contribution < -0.4 is 5.32 Å². The van der Waals surface area contributed by atoms with E-state index in [1.807, 2.05) is 0 Å². The van der Waals surface area contributed by atoms with Gasteiger partial charge in [-0.05, 0) is 12.8 Å². The fourth-order valence-corrected chi connectivity index (χ4v) is 4.23. The molecule has 0 radical (unpaired) electrons. The zero-order valence-corrected chi connectivity index (χ0v) is 14.6. The van der Waals surface area contributed by atoms with Gasteiger partial charge >= 0.3 is 0 Å². The summed E-state index contributed by atoms with van der Waals surface area (Å²) < 4.78 is 5.29. The zero-order chi connectivity index (χ0) is 15.9. The molecule has 2 aliphatic rings. The summed E-state index contributed by atoms with van der Waals surface area (Å²) in [4.78, 5) is 18.9. The van der Waals surface area contributed by atoms with E-state index in [-0.39, 0.29) is 5.91 Å². The van der Waals surface area contributed by atoms with Crippen molar-refractivity contribution in [3.8, 4) is 0 Å². The summed E-state index contributed by atoms with van der Waals surface area (Å²) in [5.74, 6) is 0.778. The number of hydrogen-bond donors (Lipinski definition) is 1. The highest BCUT2D eigenvalue weighted by Crippen LogP contribution is 2.33. The molecule has 1 amide bonds.